The van der Waals surface area contributed by atoms with Gasteiger partial charge >= 0.3 is 12.2 Å². The van der Waals surface area contributed by atoms with Crippen molar-refractivity contribution in [1.29, 1.82) is 0 Å². The molecule has 1 saturated heterocycles. The van der Waals surface area contributed by atoms with E-state index in [2.05, 4.69) is 20.4 Å². The van der Waals surface area contributed by atoms with E-state index in [9.17, 15) is 22.8 Å². The Labute approximate surface area is 251 Å². The van der Waals surface area contributed by atoms with Crippen molar-refractivity contribution in [2.75, 3.05) is 17.2 Å². The Balaban J connectivity index is 1.14. The van der Waals surface area contributed by atoms with Gasteiger partial charge in [0.1, 0.15) is 6.33 Å². The molecule has 0 aliphatic carbocycles. The fourth-order valence-corrected chi connectivity index (χ4v) is 5.60. The molecule has 2 heterocycles. The minimum Gasteiger partial charge on any atom is -0.336 e. The van der Waals surface area contributed by atoms with Crippen molar-refractivity contribution in [2.24, 2.45) is 4.99 Å². The average molecular weight is 607 g/mol. The smallest absolute Gasteiger partial charge is 0.336 e. The molecule has 222 valence electrons. The predicted octanol–water partition coefficient (Wildman–Crippen LogP) is 6.60. The minimum absolute atomic E-state index is 0.0921. The number of aromatic nitrogens is 3. The third-order valence-electron chi connectivity index (χ3n) is 6.97. The van der Waals surface area contributed by atoms with E-state index >= 15 is 0 Å². The second-order valence-corrected chi connectivity index (χ2v) is 10.9. The first-order valence-electron chi connectivity index (χ1n) is 13.7. The van der Waals surface area contributed by atoms with Crippen molar-refractivity contribution >= 4 is 34.6 Å². The summed E-state index contributed by atoms with van der Waals surface area (Å²) in [6.45, 7) is 4.39. The Morgan fingerprint density at radius 1 is 1.07 bits per heavy atom. The van der Waals surface area contributed by atoms with Crippen LogP contribution in [0.15, 0.2) is 78.0 Å². The van der Waals surface area contributed by atoms with Crippen molar-refractivity contribution in [2.45, 2.75) is 39.3 Å². The van der Waals surface area contributed by atoms with Gasteiger partial charge in [0, 0.05) is 12.1 Å². The lowest BCUT2D eigenvalue weighted by molar-refractivity contribution is -0.137. The van der Waals surface area contributed by atoms with Gasteiger partial charge in [-0.25, -0.2) is 14.5 Å². The highest BCUT2D eigenvalue weighted by atomic mass is 32.2. The number of hydrogen-bond donors (Lipinski definition) is 1. The summed E-state index contributed by atoms with van der Waals surface area (Å²) in [5, 5.41) is 7.59. The molecule has 0 spiro atoms. The minimum atomic E-state index is -4.40. The van der Waals surface area contributed by atoms with Gasteiger partial charge < -0.3 is 5.32 Å². The van der Waals surface area contributed by atoms with Crippen molar-refractivity contribution in [3.8, 4) is 17.1 Å². The van der Waals surface area contributed by atoms with Gasteiger partial charge in [-0.1, -0.05) is 61.2 Å². The number of amidine groups is 1. The molecule has 1 N–H and O–H groups in total. The Kier molecular flexibility index (Phi) is 8.95. The summed E-state index contributed by atoms with van der Waals surface area (Å²) in [6, 6.07) is 17.8. The SMILES string of the molecule is CCc1cccc(C)c1N1C(=O)CSC1=NC(=O)NCCCc1ccc(-c2ncn(-c3ccc(C(F)(F)F)cc3)n2)cc1. The number of rotatable bonds is 8. The van der Waals surface area contributed by atoms with E-state index < -0.39 is 17.8 Å². The molecule has 8 nitrogen and oxygen atoms in total. The second kappa shape index (κ2) is 12.8. The van der Waals surface area contributed by atoms with Gasteiger partial charge in [-0.15, -0.1) is 5.10 Å². The Morgan fingerprint density at radius 3 is 2.51 bits per heavy atom. The van der Waals surface area contributed by atoms with Crippen molar-refractivity contribution in [3.05, 3.63) is 95.3 Å². The number of carbonyl (C=O) groups is 2. The molecule has 1 aliphatic rings. The van der Waals surface area contributed by atoms with Crippen LogP contribution in [0.4, 0.5) is 23.7 Å². The molecule has 43 heavy (non-hydrogen) atoms. The first kappa shape index (κ1) is 30.0. The Bertz CT molecular complexity index is 1650. The third-order valence-corrected chi connectivity index (χ3v) is 7.89. The molecular formula is C31H29F3N6O2S. The fourth-order valence-electron chi connectivity index (χ4n) is 4.75. The fraction of sp³-hybridized carbons (Fsp3) is 0.258. The van der Waals surface area contributed by atoms with Crippen LogP contribution in [0.25, 0.3) is 17.1 Å². The summed E-state index contributed by atoms with van der Waals surface area (Å²) >= 11 is 1.26. The highest BCUT2D eigenvalue weighted by molar-refractivity contribution is 8.15. The van der Waals surface area contributed by atoms with Gasteiger partial charge in [0.05, 0.1) is 22.7 Å². The zero-order chi connectivity index (χ0) is 30.6. The van der Waals surface area contributed by atoms with Crippen molar-refractivity contribution in [3.63, 3.8) is 0 Å². The standard InChI is InChI=1S/C31H29F3N6O2S/c1-3-22-8-4-6-20(2)27(22)40-26(41)18-43-30(40)37-29(42)35-17-5-7-21-9-11-23(12-10-21)28-36-19-39(38-28)25-15-13-24(14-16-25)31(32,33)34/h4,6,8-16,19H,3,5,7,17-18H2,1-2H3,(H,35,42). The maximum absolute atomic E-state index is 12.8. The van der Waals surface area contributed by atoms with Crippen LogP contribution in [0.5, 0.6) is 0 Å². The molecule has 1 fully saturated rings. The molecule has 1 aromatic heterocycles. The molecule has 0 atom stereocenters. The number of urea groups is 1. The molecule has 5 rings (SSSR count). The van der Waals surface area contributed by atoms with Crippen molar-refractivity contribution < 1.29 is 22.8 Å². The van der Waals surface area contributed by atoms with Gasteiger partial charge in [-0.2, -0.15) is 18.2 Å². The molecule has 12 heteroatoms. The van der Waals surface area contributed by atoms with E-state index in [1.807, 2.05) is 56.3 Å². The summed E-state index contributed by atoms with van der Waals surface area (Å²) < 4.78 is 39.9. The molecule has 1 aliphatic heterocycles. The van der Waals surface area contributed by atoms with Crippen LogP contribution >= 0.6 is 11.8 Å². The number of para-hydroxylation sites is 1. The van der Waals surface area contributed by atoms with Crippen LogP contribution in [0.3, 0.4) is 0 Å². The summed E-state index contributed by atoms with van der Waals surface area (Å²) in [6.07, 6.45) is -0.779. The van der Waals surface area contributed by atoms with E-state index in [0.29, 0.717) is 36.1 Å². The van der Waals surface area contributed by atoms with E-state index in [1.165, 1.54) is 34.9 Å². The van der Waals surface area contributed by atoms with E-state index in [1.54, 1.807) is 4.90 Å². The first-order valence-corrected chi connectivity index (χ1v) is 14.7. The largest absolute Gasteiger partial charge is 0.416 e. The number of hydrogen-bond acceptors (Lipinski definition) is 5. The molecule has 4 aromatic rings. The lowest BCUT2D eigenvalue weighted by Crippen LogP contribution is -2.32. The molecule has 3 amide bonds. The van der Waals surface area contributed by atoms with Crippen LogP contribution < -0.4 is 10.2 Å². The van der Waals surface area contributed by atoms with Gasteiger partial charge in [0.25, 0.3) is 0 Å². The Hall–Kier alpha value is -4.45. The predicted molar refractivity (Wildman–Crippen MR) is 161 cm³/mol. The molecule has 3 aromatic carbocycles. The summed E-state index contributed by atoms with van der Waals surface area (Å²) in [5.74, 6) is 0.599. The van der Waals surface area contributed by atoms with Crippen LogP contribution in [-0.2, 0) is 23.8 Å². The average Bonchev–Trinajstić information content (AvgIpc) is 3.62. The maximum atomic E-state index is 12.8. The lowest BCUT2D eigenvalue weighted by Gasteiger charge is -2.21. The van der Waals surface area contributed by atoms with Crippen LogP contribution in [0, 0.1) is 6.92 Å². The summed E-state index contributed by atoms with van der Waals surface area (Å²) in [7, 11) is 0. The third kappa shape index (κ3) is 6.96. The van der Waals surface area contributed by atoms with Gasteiger partial charge in [-0.05, 0) is 67.1 Å². The number of alkyl halides is 3. The quantitative estimate of drug-likeness (QED) is 0.228. The number of nitrogens with zero attached hydrogens (tertiary/aromatic N) is 5. The normalized spacial score (nSPS) is 14.5. The zero-order valence-corrected chi connectivity index (χ0v) is 24.4. The van der Waals surface area contributed by atoms with Gasteiger partial charge in [-0.3, -0.25) is 9.69 Å². The Morgan fingerprint density at radius 2 is 1.81 bits per heavy atom. The number of aryl methyl sites for hydroxylation is 3. The molecule has 0 bridgehead atoms. The number of amides is 3. The van der Waals surface area contributed by atoms with E-state index in [0.717, 1.165) is 46.5 Å². The van der Waals surface area contributed by atoms with Crippen LogP contribution in [-0.4, -0.2) is 44.2 Å². The first-order chi connectivity index (χ1) is 20.6. The number of benzene rings is 3. The maximum Gasteiger partial charge on any atom is 0.416 e. The summed E-state index contributed by atoms with van der Waals surface area (Å²) in [5.41, 5.74) is 4.36. The molecule has 0 unspecified atom stereocenters. The topological polar surface area (TPSA) is 92.5 Å². The highest BCUT2D eigenvalue weighted by Crippen LogP contribution is 2.33. The second-order valence-electron chi connectivity index (χ2n) is 9.94. The number of aliphatic imine (C=N–C) groups is 1. The van der Waals surface area contributed by atoms with Crippen LogP contribution in [0.1, 0.15) is 35.6 Å². The van der Waals surface area contributed by atoms with E-state index in [4.69, 9.17) is 0 Å². The number of thioether (sulfide) groups is 1. The van der Waals surface area contributed by atoms with E-state index in [-0.39, 0.29) is 11.7 Å². The zero-order valence-electron chi connectivity index (χ0n) is 23.6. The van der Waals surface area contributed by atoms with Gasteiger partial charge in [0.15, 0.2) is 11.0 Å². The number of anilines is 1. The monoisotopic (exact) mass is 606 g/mol. The van der Waals surface area contributed by atoms with Gasteiger partial charge in [0.2, 0.25) is 5.91 Å². The summed E-state index contributed by atoms with van der Waals surface area (Å²) in [4.78, 5) is 35.3. The number of carbonyl (C=O) groups excluding carboxylic acids is 2. The lowest BCUT2D eigenvalue weighted by atomic mass is 10.0. The number of nitrogens with one attached hydrogen (secondary N) is 1. The highest BCUT2D eigenvalue weighted by Gasteiger charge is 2.33. The molecule has 0 radical (unpaired) electrons. The van der Waals surface area contributed by atoms with Crippen molar-refractivity contribution in [1.82, 2.24) is 20.1 Å². The molecular weight excluding hydrogens is 577 g/mol. The molecule has 0 saturated carbocycles. The van der Waals surface area contributed by atoms with Crippen LogP contribution in [0.2, 0.25) is 0 Å². The number of halogens is 3.